The van der Waals surface area contributed by atoms with E-state index in [0.717, 1.165) is 11.6 Å². The van der Waals surface area contributed by atoms with Crippen LogP contribution in [0.25, 0.3) is 5.57 Å². The molecule has 0 aliphatic carbocycles. The van der Waals surface area contributed by atoms with Crippen molar-refractivity contribution >= 4 is 79.4 Å². The van der Waals surface area contributed by atoms with Gasteiger partial charge in [0.15, 0.2) is 0 Å². The molecule has 1 aliphatic heterocycles. The third-order valence-electron chi connectivity index (χ3n) is 5.24. The molecule has 0 radical (unpaired) electrons. The fourth-order valence-corrected chi connectivity index (χ4v) is 6.86. The number of nitrogens with zero attached hydrogens (tertiary/aromatic N) is 2. The number of urea groups is 1. The van der Waals surface area contributed by atoms with E-state index in [2.05, 4.69) is 10.4 Å². The summed E-state index contributed by atoms with van der Waals surface area (Å²) in [5.74, 6) is -0.706. The normalized spacial score (nSPS) is 14.9. The van der Waals surface area contributed by atoms with Crippen molar-refractivity contribution in [2.45, 2.75) is 17.2 Å². The van der Waals surface area contributed by atoms with Crippen molar-refractivity contribution in [1.29, 1.82) is 0 Å². The van der Waals surface area contributed by atoms with Gasteiger partial charge < -0.3 is 10.1 Å². The van der Waals surface area contributed by atoms with Gasteiger partial charge in [-0.1, -0.05) is 52.5 Å². The molecule has 15 heteroatoms. The van der Waals surface area contributed by atoms with Gasteiger partial charge in [-0.25, -0.2) is 22.3 Å². The first-order valence-corrected chi connectivity index (χ1v) is 14.0. The van der Waals surface area contributed by atoms with Crippen molar-refractivity contribution in [3.05, 3.63) is 72.0 Å². The lowest BCUT2D eigenvalue weighted by atomic mass is 9.97. The predicted octanol–water partition coefficient (Wildman–Crippen LogP) is 5.58. The number of hydrogen-bond acceptors (Lipinski definition) is 6. The Balaban J connectivity index is 1.53. The van der Waals surface area contributed by atoms with Crippen molar-refractivity contribution in [3.63, 3.8) is 0 Å². The molecule has 2 amide bonds. The van der Waals surface area contributed by atoms with E-state index >= 15 is 4.39 Å². The molecule has 0 saturated heterocycles. The summed E-state index contributed by atoms with van der Waals surface area (Å²) < 4.78 is 48.7. The summed E-state index contributed by atoms with van der Waals surface area (Å²) in [5.41, 5.74) is 2.74. The molecule has 1 aliphatic rings. The number of fused-ring (bicyclic) bond motifs is 1. The first-order valence-electron chi connectivity index (χ1n) is 10.2. The third kappa shape index (κ3) is 5.83. The van der Waals surface area contributed by atoms with Gasteiger partial charge in [-0.05, 0) is 23.8 Å². The molecule has 0 atom stereocenters. The molecule has 192 valence electrons. The number of carbonyl (C=O) groups excluding carboxylic acids is 1. The molecule has 2 aromatic heterocycles. The van der Waals surface area contributed by atoms with Crippen LogP contribution in [0.5, 0.6) is 0 Å². The minimum atomic E-state index is -4.24. The van der Waals surface area contributed by atoms with Crippen molar-refractivity contribution in [1.82, 2.24) is 19.8 Å². The number of nitrogens with one attached hydrogen (secondary N) is 2. The van der Waals surface area contributed by atoms with Crippen LogP contribution in [0.2, 0.25) is 19.4 Å². The lowest BCUT2D eigenvalue weighted by Gasteiger charge is -2.19. The van der Waals surface area contributed by atoms with Gasteiger partial charge in [0.05, 0.1) is 36.2 Å². The second-order valence-electron chi connectivity index (χ2n) is 7.66. The van der Waals surface area contributed by atoms with Gasteiger partial charge in [0.25, 0.3) is 10.0 Å². The van der Waals surface area contributed by atoms with Crippen LogP contribution < -0.4 is 10.0 Å². The monoisotopic (exact) mass is 612 g/mol. The zero-order valence-corrected chi connectivity index (χ0v) is 23.0. The molecule has 0 bridgehead atoms. The van der Waals surface area contributed by atoms with Crippen LogP contribution in [0.3, 0.4) is 0 Å². The summed E-state index contributed by atoms with van der Waals surface area (Å²) in [5, 5.41) is 7.70. The van der Waals surface area contributed by atoms with Gasteiger partial charge in [0.1, 0.15) is 14.4 Å². The largest absolute Gasteiger partial charge is 0.370 e. The van der Waals surface area contributed by atoms with Crippen LogP contribution in [0.4, 0.5) is 9.18 Å². The van der Waals surface area contributed by atoms with Crippen LogP contribution in [-0.2, 0) is 34.8 Å². The van der Waals surface area contributed by atoms with Crippen LogP contribution in [0.1, 0.15) is 22.5 Å². The lowest BCUT2D eigenvalue weighted by molar-refractivity contribution is 0.139. The molecular weight excluding hydrogens is 597 g/mol. The molecule has 3 heterocycles. The summed E-state index contributed by atoms with van der Waals surface area (Å²) in [4.78, 5) is 12.2. The highest BCUT2D eigenvalue weighted by Gasteiger charge is 2.28. The van der Waals surface area contributed by atoms with E-state index in [4.69, 9.17) is 51.1 Å². The number of thiophene rings is 1. The topological polar surface area (TPSA) is 102 Å². The van der Waals surface area contributed by atoms with Gasteiger partial charge >= 0.3 is 6.03 Å². The molecule has 2 N–H and O–H groups in total. The Morgan fingerprint density at radius 3 is 2.61 bits per heavy atom. The highest BCUT2D eigenvalue weighted by Crippen LogP contribution is 2.35. The van der Waals surface area contributed by atoms with Crippen LogP contribution >= 0.6 is 57.7 Å². The summed E-state index contributed by atoms with van der Waals surface area (Å²) in [6.07, 6.45) is 0.314. The Labute approximate surface area is 230 Å². The van der Waals surface area contributed by atoms with E-state index in [-0.39, 0.29) is 32.4 Å². The van der Waals surface area contributed by atoms with E-state index in [1.165, 1.54) is 0 Å². The quantitative estimate of drug-likeness (QED) is 0.378. The Morgan fingerprint density at radius 2 is 1.94 bits per heavy atom. The van der Waals surface area contributed by atoms with Crippen molar-refractivity contribution in [3.8, 4) is 0 Å². The molecule has 1 aromatic carbocycles. The molecule has 0 unspecified atom stereocenters. The van der Waals surface area contributed by atoms with E-state index < -0.39 is 28.4 Å². The molecular formula is C21H17Cl4FN4O4S2. The van der Waals surface area contributed by atoms with Crippen molar-refractivity contribution in [2.75, 3.05) is 13.2 Å². The highest BCUT2D eigenvalue weighted by atomic mass is 35.5. The predicted molar refractivity (Wildman–Crippen MR) is 138 cm³/mol. The number of aryl methyl sites for hydroxylation is 1. The number of benzene rings is 1. The minimum absolute atomic E-state index is 0.0403. The van der Waals surface area contributed by atoms with Crippen LogP contribution in [0.15, 0.2) is 34.3 Å². The van der Waals surface area contributed by atoms with Gasteiger partial charge in [0.2, 0.25) is 0 Å². The third-order valence-corrected chi connectivity index (χ3v) is 9.50. The zero-order chi connectivity index (χ0) is 26.2. The zero-order valence-electron chi connectivity index (χ0n) is 18.4. The number of amides is 2. The van der Waals surface area contributed by atoms with Crippen LogP contribution in [-0.4, -0.2) is 37.4 Å². The fourth-order valence-electron chi connectivity index (χ4n) is 3.57. The van der Waals surface area contributed by atoms with Crippen LogP contribution in [0, 0.1) is 0 Å². The standard InChI is InChI=1S/C21H17Cl4FN4O4S2/c1-30-17-9-34-8-12(19(17)16(28-30)4-10-2-3-11(22)5-13(10)23)15(26)7-27-21(31)29-36(32,33)18-6-14(24)20(25)35-18/h2-3,5-6H,4,7-9H2,1H3,(H2,27,29,31). The Bertz CT molecular complexity index is 1470. The molecule has 3 aromatic rings. The maximum atomic E-state index is 15.3. The smallest absolute Gasteiger partial charge is 0.329 e. The highest BCUT2D eigenvalue weighted by molar-refractivity contribution is 7.92. The molecule has 0 spiro atoms. The van der Waals surface area contributed by atoms with Crippen molar-refractivity contribution < 1.29 is 22.3 Å². The number of ether oxygens (including phenoxy) is 1. The maximum Gasteiger partial charge on any atom is 0.329 e. The first-order chi connectivity index (χ1) is 17.0. The van der Waals surface area contributed by atoms with E-state index in [1.807, 2.05) is 0 Å². The average Bonchev–Trinajstić information content (AvgIpc) is 3.33. The SMILES string of the molecule is Cn1nc(Cc2ccc(Cl)cc2Cl)c2c1COCC2=C(F)CNC(=O)NS(=O)(=O)c1cc(Cl)c(Cl)s1. The lowest BCUT2D eigenvalue weighted by Crippen LogP contribution is -2.39. The minimum Gasteiger partial charge on any atom is -0.370 e. The second kappa shape index (κ2) is 10.9. The number of rotatable bonds is 6. The molecule has 0 saturated carbocycles. The summed E-state index contributed by atoms with van der Waals surface area (Å²) in [6, 6.07) is 5.08. The number of aromatic nitrogens is 2. The molecule has 4 rings (SSSR count). The Hall–Kier alpha value is -1.86. The molecule has 36 heavy (non-hydrogen) atoms. The summed E-state index contributed by atoms with van der Waals surface area (Å²) in [6.45, 7) is -0.413. The molecule has 0 fully saturated rings. The van der Waals surface area contributed by atoms with E-state index in [1.54, 1.807) is 34.7 Å². The Kier molecular flexibility index (Phi) is 8.20. The van der Waals surface area contributed by atoms with Gasteiger partial charge in [-0.3, -0.25) is 4.68 Å². The van der Waals surface area contributed by atoms with E-state index in [9.17, 15) is 13.2 Å². The average molecular weight is 614 g/mol. The summed E-state index contributed by atoms with van der Waals surface area (Å²) in [7, 11) is -2.52. The second-order valence-corrected chi connectivity index (χ2v) is 12.5. The fraction of sp³-hybridized carbons (Fsp3) is 0.238. The number of carbonyl (C=O) groups is 1. The Morgan fingerprint density at radius 1 is 1.19 bits per heavy atom. The van der Waals surface area contributed by atoms with Crippen molar-refractivity contribution in [2.24, 2.45) is 7.05 Å². The number of halogens is 5. The van der Waals surface area contributed by atoms with Gasteiger partial charge in [0, 0.05) is 34.7 Å². The van der Waals surface area contributed by atoms with Gasteiger partial charge in [-0.15, -0.1) is 11.3 Å². The maximum absolute atomic E-state index is 15.3. The number of sulfonamides is 1. The van der Waals surface area contributed by atoms with Gasteiger partial charge in [-0.2, -0.15) is 5.10 Å². The molecule has 8 nitrogen and oxygen atoms in total. The first kappa shape index (κ1) is 27.2. The van der Waals surface area contributed by atoms with E-state index in [0.29, 0.717) is 44.8 Å². The number of hydrogen-bond donors (Lipinski definition) is 2. The summed E-state index contributed by atoms with van der Waals surface area (Å²) >= 11 is 24.6.